The largest absolute Gasteiger partial charge is 0.382 e. The van der Waals surface area contributed by atoms with Crippen LogP contribution in [0.2, 0.25) is 0 Å². The van der Waals surface area contributed by atoms with Gasteiger partial charge < -0.3 is 166 Å². The van der Waals surface area contributed by atoms with Crippen molar-refractivity contribution in [3.05, 3.63) is 12.7 Å². The van der Waals surface area contributed by atoms with E-state index in [2.05, 4.69) is 11.9 Å². The lowest BCUT2D eigenvalue weighted by molar-refractivity contribution is -0.402. The lowest BCUT2D eigenvalue weighted by atomic mass is 9.94. The van der Waals surface area contributed by atoms with E-state index in [0.717, 1.165) is 0 Å². The van der Waals surface area contributed by atoms with E-state index in [1.165, 1.54) is 142 Å². The van der Waals surface area contributed by atoms with E-state index in [1.54, 1.807) is 6.08 Å². The highest BCUT2D eigenvalue weighted by Crippen LogP contribution is 2.43. The quantitative estimate of drug-likeness (QED) is 0.0641. The molecule has 0 spiro atoms. The van der Waals surface area contributed by atoms with Gasteiger partial charge in [-0.3, -0.25) is 0 Å². The molecule has 14 bridgehead atoms. The molecule has 35 nitrogen and oxygen atoms in total. The Hall–Kier alpha value is -1.66. The zero-order chi connectivity index (χ0) is 72.3. The van der Waals surface area contributed by atoms with Crippen molar-refractivity contribution in [2.24, 2.45) is 0 Å². The number of nitrogens with one attached hydrogen (secondary N) is 1. The minimum atomic E-state index is -1.22. The molecule has 21 fully saturated rings. The van der Waals surface area contributed by atoms with Crippen LogP contribution in [0, 0.1) is 0 Å². The van der Waals surface area contributed by atoms with Crippen molar-refractivity contribution in [2.45, 2.75) is 215 Å². The molecule has 1 N–H and O–H groups in total. The standard InChI is InChI=1S/C65H115NO34/c1-22-23-66-24-31-38-45(73-8)52(80-15)59(87-31)95-39-32(25-67-2)89-61(54(82-17)46(39)74-9)97-41-34(27-69-4)91-63(56(84-19)48(41)76-11)99-43-36(29-71-6)93-65(58(86-21)50(43)78-13)100-44-37(30-72-7)92-64(57(85-20)51(44)79-14)98-42-35(28-70-5)90-62(55(83-18)49(42)77-12)96-40-33(26-68-3)88-60(94-38)53(81-16)47(40)75-10/h22,31-66H,1,23-30H2,2-21H3/t31-,32+,33-,34+,35-,36+,37-,38+,39+,40+,41+,42+,43+,44+,45-,46+,47-,48-,49-,50-,51-,52+,53+,54-,55+,56-,57+,58+,59+,60+,61+,62+,63+,64+,65+/m0/s1. The van der Waals surface area contributed by atoms with Crippen LogP contribution in [0.25, 0.3) is 0 Å². The highest BCUT2D eigenvalue weighted by molar-refractivity contribution is 5.04. The Morgan fingerprint density at radius 1 is 0.220 bits per heavy atom. The van der Waals surface area contributed by atoms with Gasteiger partial charge in [-0.1, -0.05) is 6.08 Å². The van der Waals surface area contributed by atoms with Gasteiger partial charge in [0.05, 0.1) is 39.6 Å². The third-order valence-electron chi connectivity index (χ3n) is 19.6. The third kappa shape index (κ3) is 18.5. The fraction of sp³-hybridized carbons (Fsp3) is 0.969. The lowest BCUT2D eigenvalue weighted by Gasteiger charge is -2.52. The molecule has 0 aromatic heterocycles. The van der Waals surface area contributed by atoms with Crippen molar-refractivity contribution < 1.29 is 161 Å². The Bertz CT molecular complexity index is 2270. The highest BCUT2D eigenvalue weighted by atomic mass is 16.8. The molecule has 35 heteroatoms. The van der Waals surface area contributed by atoms with Crippen molar-refractivity contribution in [2.75, 3.05) is 195 Å². The van der Waals surface area contributed by atoms with Gasteiger partial charge in [0.15, 0.2) is 44.0 Å². The van der Waals surface area contributed by atoms with Crippen molar-refractivity contribution in [1.29, 1.82) is 0 Å². The van der Waals surface area contributed by atoms with E-state index < -0.39 is 215 Å². The number of methoxy groups -OCH3 is 20. The molecule has 35 atom stereocenters. The number of hydrogen-bond donors (Lipinski definition) is 1. The highest BCUT2D eigenvalue weighted by Gasteiger charge is 2.62. The summed E-state index contributed by atoms with van der Waals surface area (Å²) in [5.41, 5.74) is 0. The molecule has 21 aliphatic heterocycles. The van der Waals surface area contributed by atoms with Crippen LogP contribution in [-0.2, 0) is 161 Å². The van der Waals surface area contributed by atoms with Gasteiger partial charge in [0, 0.05) is 155 Å². The van der Waals surface area contributed by atoms with E-state index >= 15 is 0 Å². The molecule has 0 radical (unpaired) electrons. The summed E-state index contributed by atoms with van der Waals surface area (Å²) in [5.74, 6) is 0. The first-order valence-corrected chi connectivity index (χ1v) is 33.5. The van der Waals surface area contributed by atoms with Crippen LogP contribution >= 0.6 is 0 Å². The Labute approximate surface area is 587 Å². The molecule has 0 aromatic rings. The maximum absolute atomic E-state index is 7.12. The first-order chi connectivity index (χ1) is 48.7. The normalized spacial score (nSPS) is 45.3. The average Bonchev–Trinajstić information content (AvgIpc) is 0.768. The lowest BCUT2D eigenvalue weighted by Crippen LogP contribution is -2.69. The first-order valence-electron chi connectivity index (χ1n) is 33.5. The molecular formula is C65H115NO34. The van der Waals surface area contributed by atoms with E-state index in [9.17, 15) is 0 Å². The molecule has 100 heavy (non-hydrogen) atoms. The maximum Gasteiger partial charge on any atom is 0.187 e. The Balaban J connectivity index is 1.24. The minimum absolute atomic E-state index is 0.0353. The first kappa shape index (κ1) is 84.0. The zero-order valence-electron chi connectivity index (χ0n) is 61.5. The van der Waals surface area contributed by atoms with E-state index in [0.29, 0.717) is 6.54 Å². The minimum Gasteiger partial charge on any atom is -0.382 e. The smallest absolute Gasteiger partial charge is 0.187 e. The predicted molar refractivity (Wildman–Crippen MR) is 340 cm³/mol. The summed E-state index contributed by atoms with van der Waals surface area (Å²) in [4.78, 5) is 0. The fourth-order valence-electron chi connectivity index (χ4n) is 15.0. The van der Waals surface area contributed by atoms with Crippen LogP contribution in [0.4, 0.5) is 0 Å². The topological polar surface area (TPSA) is 326 Å². The molecule has 21 saturated heterocycles. The van der Waals surface area contributed by atoms with Crippen molar-refractivity contribution in [1.82, 2.24) is 5.32 Å². The molecule has 21 heterocycles. The van der Waals surface area contributed by atoms with Gasteiger partial charge in [-0.2, -0.15) is 0 Å². The number of ether oxygens (including phenoxy) is 34. The van der Waals surface area contributed by atoms with E-state index in [1.807, 2.05) is 0 Å². The Kier molecular flexibility index (Phi) is 34.9. The molecule has 0 amide bonds. The van der Waals surface area contributed by atoms with Crippen LogP contribution in [0.3, 0.4) is 0 Å². The van der Waals surface area contributed by atoms with E-state index in [4.69, 9.17) is 161 Å². The molecule has 21 aliphatic rings. The summed E-state index contributed by atoms with van der Waals surface area (Å²) in [5, 5.41) is 3.39. The summed E-state index contributed by atoms with van der Waals surface area (Å²) in [6, 6.07) is 0. The zero-order valence-corrected chi connectivity index (χ0v) is 61.5. The molecule has 0 aliphatic carbocycles. The van der Waals surface area contributed by atoms with Gasteiger partial charge in [-0.25, -0.2) is 0 Å². The second-order valence-electron chi connectivity index (χ2n) is 25.0. The fourth-order valence-corrected chi connectivity index (χ4v) is 15.0. The molecule has 0 aromatic carbocycles. The van der Waals surface area contributed by atoms with Crippen molar-refractivity contribution in [3.8, 4) is 0 Å². The SMILES string of the molecule is C=CCNC[C@@H]1O[C@@H]2O[C@H]3[C@@H](OC)[C@H](OC)[C@@H](O[C@H]4[C@H](OC)[C@H](OC)[C@@H](O[C@H]5[C@H](OC)[C@@H](OC)[C@@H](O[C@H]6[C@H](OC)[C@@H](OC)[C@@H](O[C@H]7[C@H](OC)[C@@H](OC)[C@@H](O[C@H]8[C@H](OC)[C@@H](OC)[C@@H](O[C@H]1[C@H](OC)[C@H]2OC)O[C@H]8COC)O[C@H]7COC)O[C@H]6COC)O[C@@H]5COC)O[C@@H]4COC)O[C@@H]3COC. The van der Waals surface area contributed by atoms with Crippen molar-refractivity contribution in [3.63, 3.8) is 0 Å². The Morgan fingerprint density at radius 3 is 0.510 bits per heavy atom. The summed E-state index contributed by atoms with van der Waals surface area (Å²) in [6.07, 6.45) is -34.1. The van der Waals surface area contributed by atoms with Gasteiger partial charge in [-0.15, -0.1) is 6.58 Å². The number of rotatable bonds is 30. The summed E-state index contributed by atoms with van der Waals surface area (Å²) in [7, 11) is 30.3. The van der Waals surface area contributed by atoms with Crippen LogP contribution in [0.15, 0.2) is 12.7 Å². The average molecular weight is 1450 g/mol. The van der Waals surface area contributed by atoms with Gasteiger partial charge in [0.1, 0.15) is 171 Å². The van der Waals surface area contributed by atoms with Crippen LogP contribution < -0.4 is 5.32 Å². The van der Waals surface area contributed by atoms with Gasteiger partial charge >= 0.3 is 0 Å². The second kappa shape index (κ2) is 41.6. The second-order valence-corrected chi connectivity index (χ2v) is 25.0. The molecule has 0 saturated carbocycles. The predicted octanol–water partition coefficient (Wildman–Crippen LogP) is -1.37. The molecule has 21 rings (SSSR count). The summed E-state index contributed by atoms with van der Waals surface area (Å²) in [6.45, 7) is 4.27. The van der Waals surface area contributed by atoms with Gasteiger partial charge in [-0.05, 0) is 0 Å². The molecular weight excluding hydrogens is 1340 g/mol. The monoisotopic (exact) mass is 1450 g/mol. The van der Waals surface area contributed by atoms with Gasteiger partial charge in [0.25, 0.3) is 0 Å². The van der Waals surface area contributed by atoms with Crippen LogP contribution in [0.1, 0.15) is 0 Å². The molecule has 0 unspecified atom stereocenters. The summed E-state index contributed by atoms with van der Waals surface area (Å²) >= 11 is 0. The third-order valence-corrected chi connectivity index (χ3v) is 19.6. The van der Waals surface area contributed by atoms with Crippen LogP contribution in [-0.4, -0.2) is 410 Å². The Morgan fingerprint density at radius 2 is 0.370 bits per heavy atom. The van der Waals surface area contributed by atoms with Crippen LogP contribution in [0.5, 0.6) is 0 Å². The summed E-state index contributed by atoms with van der Waals surface area (Å²) < 4.78 is 221. The van der Waals surface area contributed by atoms with E-state index in [-0.39, 0.29) is 46.2 Å². The van der Waals surface area contributed by atoms with Gasteiger partial charge in [0.2, 0.25) is 0 Å². The molecule has 584 valence electrons. The maximum atomic E-state index is 7.12. The number of hydrogen-bond acceptors (Lipinski definition) is 35. The van der Waals surface area contributed by atoms with Crippen molar-refractivity contribution >= 4 is 0 Å².